The molecule has 0 saturated carbocycles. The fraction of sp³-hybridized carbons (Fsp3) is 0.588. The second kappa shape index (κ2) is 8.09. The number of sulfonamides is 1. The number of benzene rings is 1. The second-order valence-electron chi connectivity index (χ2n) is 6.74. The molecule has 0 unspecified atom stereocenters. The van der Waals surface area contributed by atoms with Gasteiger partial charge in [0.2, 0.25) is 10.0 Å². The van der Waals surface area contributed by atoms with Gasteiger partial charge in [-0.05, 0) is 23.6 Å². The van der Waals surface area contributed by atoms with Crippen LogP contribution in [0.5, 0.6) is 0 Å². The first-order valence-corrected chi connectivity index (χ1v) is 10.1. The third-order valence-electron chi connectivity index (χ3n) is 4.07. The van der Waals surface area contributed by atoms with Gasteiger partial charge in [0, 0.05) is 44.8 Å². The molecule has 0 aromatic heterocycles. The number of nitrogens with zero attached hydrogens (tertiary/aromatic N) is 2. The number of amides is 1. The lowest BCUT2D eigenvalue weighted by molar-refractivity contribution is 0.0948. The lowest BCUT2D eigenvalue weighted by atomic mass is 10.1. The summed E-state index contributed by atoms with van der Waals surface area (Å²) >= 11 is 0. The fourth-order valence-corrected chi connectivity index (χ4v) is 3.51. The zero-order valence-electron chi connectivity index (χ0n) is 14.7. The smallest absolute Gasteiger partial charge is 0.251 e. The van der Waals surface area contributed by atoms with Crippen LogP contribution in [-0.4, -0.2) is 62.5 Å². The van der Waals surface area contributed by atoms with Gasteiger partial charge >= 0.3 is 0 Å². The van der Waals surface area contributed by atoms with E-state index in [9.17, 15) is 13.2 Å². The van der Waals surface area contributed by atoms with E-state index in [0.717, 1.165) is 12.1 Å². The van der Waals surface area contributed by atoms with Crippen LogP contribution in [0.1, 0.15) is 29.8 Å². The molecule has 1 aliphatic rings. The number of piperazine rings is 1. The van der Waals surface area contributed by atoms with Crippen molar-refractivity contribution in [2.24, 2.45) is 5.92 Å². The number of hydrogen-bond acceptors (Lipinski definition) is 4. The lowest BCUT2D eigenvalue weighted by Gasteiger charge is -2.33. The van der Waals surface area contributed by atoms with Gasteiger partial charge in [-0.3, -0.25) is 9.69 Å². The molecule has 24 heavy (non-hydrogen) atoms. The first-order chi connectivity index (χ1) is 11.3. The number of nitrogens with one attached hydrogen (secondary N) is 1. The summed E-state index contributed by atoms with van der Waals surface area (Å²) in [5.41, 5.74) is 1.74. The Hall–Kier alpha value is -1.44. The first kappa shape index (κ1) is 18.9. The highest BCUT2D eigenvalue weighted by atomic mass is 32.2. The van der Waals surface area contributed by atoms with Crippen LogP contribution in [0.4, 0.5) is 0 Å². The summed E-state index contributed by atoms with van der Waals surface area (Å²) in [6.45, 7) is 7.97. The predicted octanol–water partition coefficient (Wildman–Crippen LogP) is 1.15. The third-order valence-corrected chi connectivity index (χ3v) is 5.37. The molecule has 1 N–H and O–H groups in total. The molecule has 1 aromatic rings. The molecular formula is C17H27N3O3S. The van der Waals surface area contributed by atoms with Crippen molar-refractivity contribution < 1.29 is 13.2 Å². The number of carbonyl (C=O) groups is 1. The zero-order valence-corrected chi connectivity index (χ0v) is 15.5. The SMILES string of the molecule is CC(C)CNC(=O)c1cccc(CN2CCN(S(C)(=O)=O)CC2)c1. The molecule has 1 heterocycles. The van der Waals surface area contributed by atoms with Gasteiger partial charge in [0.25, 0.3) is 5.91 Å². The standard InChI is InChI=1S/C17H27N3O3S/c1-14(2)12-18-17(21)16-6-4-5-15(11-16)13-19-7-9-20(10-8-19)24(3,22)23/h4-6,11,14H,7-10,12-13H2,1-3H3,(H,18,21). The van der Waals surface area contributed by atoms with Crippen LogP contribution in [-0.2, 0) is 16.6 Å². The minimum atomic E-state index is -3.10. The number of hydrogen-bond donors (Lipinski definition) is 1. The lowest BCUT2D eigenvalue weighted by Crippen LogP contribution is -2.47. The van der Waals surface area contributed by atoms with Crippen LogP contribution < -0.4 is 5.32 Å². The van der Waals surface area contributed by atoms with Crippen LogP contribution in [0.2, 0.25) is 0 Å². The van der Waals surface area contributed by atoms with E-state index < -0.39 is 10.0 Å². The van der Waals surface area contributed by atoms with E-state index >= 15 is 0 Å². The monoisotopic (exact) mass is 353 g/mol. The molecule has 0 spiro atoms. The molecule has 2 rings (SSSR count). The Balaban J connectivity index is 1.92. The minimum Gasteiger partial charge on any atom is -0.352 e. The van der Waals surface area contributed by atoms with E-state index in [1.54, 1.807) is 0 Å². The van der Waals surface area contributed by atoms with Gasteiger partial charge in [0.1, 0.15) is 0 Å². The molecule has 134 valence electrons. The quantitative estimate of drug-likeness (QED) is 0.833. The highest BCUT2D eigenvalue weighted by Crippen LogP contribution is 2.12. The van der Waals surface area contributed by atoms with Crippen molar-refractivity contribution in [2.45, 2.75) is 20.4 Å². The van der Waals surface area contributed by atoms with E-state index in [2.05, 4.69) is 24.1 Å². The van der Waals surface area contributed by atoms with Gasteiger partial charge in [-0.25, -0.2) is 8.42 Å². The van der Waals surface area contributed by atoms with E-state index in [0.29, 0.717) is 44.2 Å². The Labute approximate surface area is 144 Å². The van der Waals surface area contributed by atoms with Crippen LogP contribution in [0, 0.1) is 5.92 Å². The molecule has 1 aliphatic heterocycles. The maximum atomic E-state index is 12.1. The molecule has 0 aliphatic carbocycles. The summed E-state index contributed by atoms with van der Waals surface area (Å²) in [5.74, 6) is 0.371. The maximum Gasteiger partial charge on any atom is 0.251 e. The van der Waals surface area contributed by atoms with Gasteiger partial charge in [-0.1, -0.05) is 26.0 Å². The van der Waals surface area contributed by atoms with E-state index in [-0.39, 0.29) is 5.91 Å². The number of carbonyl (C=O) groups excluding carboxylic acids is 1. The Morgan fingerprint density at radius 3 is 2.46 bits per heavy atom. The Kier molecular flexibility index (Phi) is 6.37. The molecule has 0 bridgehead atoms. The van der Waals surface area contributed by atoms with Crippen molar-refractivity contribution in [3.8, 4) is 0 Å². The average molecular weight is 353 g/mol. The molecule has 0 radical (unpaired) electrons. The van der Waals surface area contributed by atoms with Crippen LogP contribution in [0.25, 0.3) is 0 Å². The molecular weight excluding hydrogens is 326 g/mol. The number of rotatable bonds is 6. The fourth-order valence-electron chi connectivity index (χ4n) is 2.69. The van der Waals surface area contributed by atoms with Crippen LogP contribution >= 0.6 is 0 Å². The zero-order chi connectivity index (χ0) is 17.7. The van der Waals surface area contributed by atoms with Gasteiger partial charge in [-0.15, -0.1) is 0 Å². The van der Waals surface area contributed by atoms with Gasteiger partial charge in [-0.2, -0.15) is 4.31 Å². The summed E-state index contributed by atoms with van der Waals surface area (Å²) in [5, 5.41) is 2.93. The van der Waals surface area contributed by atoms with Crippen molar-refractivity contribution >= 4 is 15.9 Å². The first-order valence-electron chi connectivity index (χ1n) is 8.30. The summed E-state index contributed by atoms with van der Waals surface area (Å²) in [6.07, 6.45) is 1.25. The van der Waals surface area contributed by atoms with E-state index in [1.807, 2.05) is 24.3 Å². The highest BCUT2D eigenvalue weighted by Gasteiger charge is 2.23. The third kappa shape index (κ3) is 5.58. The van der Waals surface area contributed by atoms with E-state index in [1.165, 1.54) is 10.6 Å². The summed E-state index contributed by atoms with van der Waals surface area (Å²) in [4.78, 5) is 14.4. The molecule has 1 amide bonds. The predicted molar refractivity (Wildman–Crippen MR) is 95.3 cm³/mol. The van der Waals surface area contributed by atoms with Crippen LogP contribution in [0.15, 0.2) is 24.3 Å². The molecule has 0 atom stereocenters. The van der Waals surface area contributed by atoms with Gasteiger partial charge in [0.15, 0.2) is 0 Å². The average Bonchev–Trinajstić information content (AvgIpc) is 2.52. The Morgan fingerprint density at radius 1 is 1.21 bits per heavy atom. The van der Waals surface area contributed by atoms with Gasteiger partial charge in [0.05, 0.1) is 6.26 Å². The largest absolute Gasteiger partial charge is 0.352 e. The normalized spacial score (nSPS) is 17.2. The minimum absolute atomic E-state index is 0.0487. The maximum absolute atomic E-state index is 12.1. The molecule has 7 heteroatoms. The summed E-state index contributed by atoms with van der Waals surface area (Å²) in [7, 11) is -3.10. The van der Waals surface area contributed by atoms with Crippen molar-refractivity contribution in [1.82, 2.24) is 14.5 Å². The summed E-state index contributed by atoms with van der Waals surface area (Å²) in [6, 6.07) is 7.63. The molecule has 6 nitrogen and oxygen atoms in total. The van der Waals surface area contributed by atoms with E-state index in [4.69, 9.17) is 0 Å². The van der Waals surface area contributed by atoms with Gasteiger partial charge < -0.3 is 5.32 Å². The second-order valence-corrected chi connectivity index (χ2v) is 8.72. The Bertz CT molecular complexity index is 665. The van der Waals surface area contributed by atoms with Crippen LogP contribution in [0.3, 0.4) is 0 Å². The van der Waals surface area contributed by atoms with Crippen molar-refractivity contribution in [3.63, 3.8) is 0 Å². The van der Waals surface area contributed by atoms with Crippen molar-refractivity contribution in [1.29, 1.82) is 0 Å². The molecule has 1 saturated heterocycles. The highest BCUT2D eigenvalue weighted by molar-refractivity contribution is 7.88. The topological polar surface area (TPSA) is 69.7 Å². The van der Waals surface area contributed by atoms with Crippen molar-refractivity contribution in [3.05, 3.63) is 35.4 Å². The summed E-state index contributed by atoms with van der Waals surface area (Å²) < 4.78 is 24.6. The van der Waals surface area contributed by atoms with Crippen molar-refractivity contribution in [2.75, 3.05) is 39.0 Å². The molecule has 1 fully saturated rings. The molecule has 1 aromatic carbocycles. The Morgan fingerprint density at radius 2 is 1.88 bits per heavy atom.